The summed E-state index contributed by atoms with van der Waals surface area (Å²) in [6.45, 7) is 4.21. The summed E-state index contributed by atoms with van der Waals surface area (Å²) in [5.74, 6) is 0. The first-order valence-electron chi connectivity index (χ1n) is 6.25. The second-order valence-corrected chi connectivity index (χ2v) is 6.52. The number of hydrogen-bond acceptors (Lipinski definition) is 3. The summed E-state index contributed by atoms with van der Waals surface area (Å²) in [6.07, 6.45) is 1.86. The largest absolute Gasteiger partial charge is 0.318 e. The molecule has 0 saturated heterocycles. The minimum Gasteiger partial charge on any atom is -0.318 e. The maximum Gasteiger partial charge on any atom is 0.236 e. The lowest BCUT2D eigenvalue weighted by Gasteiger charge is -2.16. The molecule has 1 atom stereocenters. The van der Waals surface area contributed by atoms with E-state index in [-0.39, 0.29) is 0 Å². The molecule has 1 aromatic carbocycles. The number of benzene rings is 1. The number of sulfonamides is 1. The molecule has 0 amide bonds. The van der Waals surface area contributed by atoms with Gasteiger partial charge in [0.1, 0.15) is 0 Å². The van der Waals surface area contributed by atoms with Gasteiger partial charge in [-0.25, -0.2) is 8.42 Å². The Morgan fingerprint density at radius 3 is 2.56 bits per heavy atom. The van der Waals surface area contributed by atoms with Gasteiger partial charge in [0.05, 0.1) is 10.9 Å². The van der Waals surface area contributed by atoms with E-state index in [1.807, 2.05) is 24.3 Å². The van der Waals surface area contributed by atoms with Crippen molar-refractivity contribution in [2.45, 2.75) is 31.9 Å². The number of aryl methyl sites for hydroxylation is 1. The fourth-order valence-electron chi connectivity index (χ4n) is 1.76. The second-order valence-electron chi connectivity index (χ2n) is 4.42. The van der Waals surface area contributed by atoms with Gasteiger partial charge in [0.2, 0.25) is 10.0 Å². The highest BCUT2D eigenvalue weighted by molar-refractivity contribution is 7.93. The van der Waals surface area contributed by atoms with Crippen LogP contribution in [0.15, 0.2) is 24.3 Å². The summed E-state index contributed by atoms with van der Waals surface area (Å²) in [7, 11) is -1.58. The number of anilines is 1. The minimum atomic E-state index is -3.33. The molecule has 4 nitrogen and oxygen atoms in total. The van der Waals surface area contributed by atoms with Crippen molar-refractivity contribution in [1.29, 1.82) is 0 Å². The molecule has 0 fully saturated rings. The van der Waals surface area contributed by atoms with Crippen LogP contribution in [0.3, 0.4) is 0 Å². The Bertz CT molecular complexity index is 472. The fourth-order valence-corrected chi connectivity index (χ4v) is 2.85. The van der Waals surface area contributed by atoms with Gasteiger partial charge >= 0.3 is 0 Å². The van der Waals surface area contributed by atoms with Crippen LogP contribution in [0.2, 0.25) is 0 Å². The van der Waals surface area contributed by atoms with Gasteiger partial charge in [0, 0.05) is 6.54 Å². The third kappa shape index (κ3) is 3.99. The Morgan fingerprint density at radius 1 is 1.28 bits per heavy atom. The average Bonchev–Trinajstić information content (AvgIpc) is 2.32. The number of nitrogens with one attached hydrogen (secondary N) is 2. The predicted octanol–water partition coefficient (Wildman–Crippen LogP) is 1.99. The molecule has 0 spiro atoms. The molecule has 0 aliphatic carbocycles. The first kappa shape index (κ1) is 15.0. The van der Waals surface area contributed by atoms with Crippen LogP contribution in [0, 0.1) is 0 Å². The van der Waals surface area contributed by atoms with Crippen molar-refractivity contribution in [2.24, 2.45) is 0 Å². The van der Waals surface area contributed by atoms with Crippen molar-refractivity contribution < 1.29 is 8.42 Å². The van der Waals surface area contributed by atoms with Crippen LogP contribution in [0.25, 0.3) is 0 Å². The van der Waals surface area contributed by atoms with Gasteiger partial charge in [-0.05, 0) is 32.0 Å². The SMILES string of the molecule is CCCc1ccccc1NS(=O)(=O)C(C)CNC. The summed E-state index contributed by atoms with van der Waals surface area (Å²) in [5, 5.41) is 2.42. The average molecular weight is 270 g/mol. The van der Waals surface area contributed by atoms with Crippen molar-refractivity contribution in [3.05, 3.63) is 29.8 Å². The van der Waals surface area contributed by atoms with Gasteiger partial charge in [0.25, 0.3) is 0 Å². The Kier molecular flexibility index (Phi) is 5.62. The minimum absolute atomic E-state index is 0.436. The van der Waals surface area contributed by atoms with Crippen molar-refractivity contribution in [3.63, 3.8) is 0 Å². The van der Waals surface area contributed by atoms with Crippen LogP contribution in [0.1, 0.15) is 25.8 Å². The van der Waals surface area contributed by atoms with Crippen molar-refractivity contribution in [3.8, 4) is 0 Å². The predicted molar refractivity (Wildman–Crippen MR) is 76.4 cm³/mol. The molecule has 102 valence electrons. The lowest BCUT2D eigenvalue weighted by molar-refractivity contribution is 0.583. The molecule has 0 aromatic heterocycles. The van der Waals surface area contributed by atoms with Gasteiger partial charge < -0.3 is 5.32 Å². The highest BCUT2D eigenvalue weighted by Crippen LogP contribution is 2.19. The maximum absolute atomic E-state index is 12.1. The molecule has 0 aliphatic rings. The van der Waals surface area contributed by atoms with E-state index in [4.69, 9.17) is 0 Å². The van der Waals surface area contributed by atoms with E-state index in [9.17, 15) is 8.42 Å². The molecule has 1 unspecified atom stereocenters. The zero-order valence-electron chi connectivity index (χ0n) is 11.2. The molecule has 1 aromatic rings. The van der Waals surface area contributed by atoms with E-state index in [0.717, 1.165) is 18.4 Å². The molecule has 1 rings (SSSR count). The molecular weight excluding hydrogens is 248 g/mol. The molecule has 0 heterocycles. The van der Waals surface area contributed by atoms with Crippen molar-refractivity contribution >= 4 is 15.7 Å². The Hall–Kier alpha value is -1.07. The van der Waals surface area contributed by atoms with Crippen LogP contribution in [-0.4, -0.2) is 27.3 Å². The third-order valence-corrected chi connectivity index (χ3v) is 4.54. The standard InChI is InChI=1S/C13H22N2O2S/c1-4-7-12-8-5-6-9-13(12)15-18(16,17)11(2)10-14-3/h5-6,8-9,11,14-15H,4,7,10H2,1-3H3. The summed E-state index contributed by atoms with van der Waals surface area (Å²) in [4.78, 5) is 0. The summed E-state index contributed by atoms with van der Waals surface area (Å²) < 4.78 is 26.9. The monoisotopic (exact) mass is 270 g/mol. The Labute approximate surface area is 110 Å². The van der Waals surface area contributed by atoms with Crippen LogP contribution in [0.4, 0.5) is 5.69 Å². The van der Waals surface area contributed by atoms with Gasteiger partial charge in [-0.2, -0.15) is 0 Å². The van der Waals surface area contributed by atoms with Gasteiger partial charge in [-0.15, -0.1) is 0 Å². The maximum atomic E-state index is 12.1. The van der Waals surface area contributed by atoms with Gasteiger partial charge in [-0.3, -0.25) is 4.72 Å². The molecule has 0 bridgehead atoms. The van der Waals surface area contributed by atoms with Crippen LogP contribution >= 0.6 is 0 Å². The molecule has 0 saturated carbocycles. The number of para-hydroxylation sites is 1. The Morgan fingerprint density at radius 2 is 1.94 bits per heavy atom. The molecular formula is C13H22N2O2S. The second kappa shape index (κ2) is 6.75. The van der Waals surface area contributed by atoms with Gasteiger partial charge in [0.15, 0.2) is 0 Å². The normalized spacial score (nSPS) is 13.3. The third-order valence-electron chi connectivity index (χ3n) is 2.81. The van der Waals surface area contributed by atoms with Crippen molar-refractivity contribution in [1.82, 2.24) is 5.32 Å². The first-order chi connectivity index (χ1) is 8.51. The smallest absolute Gasteiger partial charge is 0.236 e. The zero-order chi connectivity index (χ0) is 13.6. The quantitative estimate of drug-likeness (QED) is 0.796. The summed E-state index contributed by atoms with van der Waals surface area (Å²) in [5.41, 5.74) is 1.74. The number of hydrogen-bond donors (Lipinski definition) is 2. The first-order valence-corrected chi connectivity index (χ1v) is 7.80. The summed E-state index contributed by atoms with van der Waals surface area (Å²) in [6, 6.07) is 7.55. The van der Waals surface area contributed by atoms with E-state index < -0.39 is 15.3 Å². The van der Waals surface area contributed by atoms with E-state index in [1.165, 1.54) is 0 Å². The van der Waals surface area contributed by atoms with Crippen LogP contribution < -0.4 is 10.0 Å². The van der Waals surface area contributed by atoms with Gasteiger partial charge in [-0.1, -0.05) is 31.5 Å². The Balaban J connectivity index is 2.90. The molecule has 2 N–H and O–H groups in total. The fraction of sp³-hybridized carbons (Fsp3) is 0.538. The summed E-state index contributed by atoms with van der Waals surface area (Å²) >= 11 is 0. The van der Waals surface area contributed by atoms with Crippen molar-refractivity contribution in [2.75, 3.05) is 18.3 Å². The highest BCUT2D eigenvalue weighted by atomic mass is 32.2. The highest BCUT2D eigenvalue weighted by Gasteiger charge is 2.20. The van der Waals surface area contributed by atoms with Crippen LogP contribution in [0.5, 0.6) is 0 Å². The topological polar surface area (TPSA) is 58.2 Å². The molecule has 5 heteroatoms. The van der Waals surface area contributed by atoms with E-state index in [0.29, 0.717) is 12.2 Å². The zero-order valence-corrected chi connectivity index (χ0v) is 12.0. The molecule has 0 aliphatic heterocycles. The van der Waals surface area contributed by atoms with Crippen LogP contribution in [-0.2, 0) is 16.4 Å². The molecule has 18 heavy (non-hydrogen) atoms. The van der Waals surface area contributed by atoms with E-state index in [1.54, 1.807) is 14.0 Å². The lowest BCUT2D eigenvalue weighted by atomic mass is 10.1. The number of rotatable bonds is 7. The molecule has 0 radical (unpaired) electrons. The van der Waals surface area contributed by atoms with E-state index in [2.05, 4.69) is 17.0 Å². The van der Waals surface area contributed by atoms with E-state index >= 15 is 0 Å². The lowest BCUT2D eigenvalue weighted by Crippen LogP contribution is -2.33.